The van der Waals surface area contributed by atoms with Crippen LogP contribution in [-0.4, -0.2) is 84.5 Å². The second-order valence-electron chi connectivity index (χ2n) is 19.6. The van der Waals surface area contributed by atoms with Crippen molar-refractivity contribution in [2.24, 2.45) is 0 Å². The molecule has 16 nitrogen and oxygen atoms in total. The van der Waals surface area contributed by atoms with Crippen LogP contribution in [0.25, 0.3) is 0 Å². The van der Waals surface area contributed by atoms with Crippen molar-refractivity contribution in [2.75, 3.05) is 29.1 Å². The van der Waals surface area contributed by atoms with Crippen LogP contribution in [0.5, 0.6) is 0 Å². The molecule has 4 amide bonds. The van der Waals surface area contributed by atoms with Gasteiger partial charge in [-0.3, -0.25) is 14.4 Å². The molecule has 0 saturated heterocycles. The first-order valence-electron chi connectivity index (χ1n) is 23.5. The number of hydrogen-bond acceptors (Lipinski definition) is 12. The van der Waals surface area contributed by atoms with Gasteiger partial charge in [0.2, 0.25) is 11.8 Å². The fourth-order valence-electron chi connectivity index (χ4n) is 5.60. The quantitative estimate of drug-likeness (QED) is 0.0302. The zero-order chi connectivity index (χ0) is 51.5. The SMILES string of the molecule is C.C.C.CC(C)(C)NC(=O)CCC(=O)OCc1ccc(NC(C)(C)C)cc1.CC(C)NC(=O)C(C)NC(=O)OCc1ccc(NC(C)C)cc1.CC(C)Nc1ccc(COC(=O)NCCOC(C)C)cc1. The van der Waals surface area contributed by atoms with Gasteiger partial charge in [-0.25, -0.2) is 9.59 Å². The third-order valence-corrected chi connectivity index (χ3v) is 8.48. The molecule has 0 aromatic heterocycles. The van der Waals surface area contributed by atoms with Crippen LogP contribution in [-0.2, 0) is 53.2 Å². The Bertz CT molecular complexity index is 1920. The highest BCUT2D eigenvalue weighted by Crippen LogP contribution is 2.17. The fourth-order valence-corrected chi connectivity index (χ4v) is 5.60. The van der Waals surface area contributed by atoms with E-state index in [1.165, 1.54) is 0 Å². The van der Waals surface area contributed by atoms with E-state index in [-0.39, 0.29) is 95.9 Å². The van der Waals surface area contributed by atoms with Gasteiger partial charge < -0.3 is 56.2 Å². The summed E-state index contributed by atoms with van der Waals surface area (Å²) in [7, 11) is 0. The van der Waals surface area contributed by atoms with Gasteiger partial charge in [0.05, 0.1) is 19.1 Å². The van der Waals surface area contributed by atoms with E-state index >= 15 is 0 Å². The highest BCUT2D eigenvalue weighted by Gasteiger charge is 2.18. The lowest BCUT2D eigenvalue weighted by Crippen LogP contribution is -2.46. The molecule has 3 aromatic rings. The van der Waals surface area contributed by atoms with E-state index in [0.29, 0.717) is 25.2 Å². The molecule has 0 fully saturated rings. The zero-order valence-corrected chi connectivity index (χ0v) is 43.4. The Morgan fingerprint density at radius 1 is 0.507 bits per heavy atom. The van der Waals surface area contributed by atoms with Crippen LogP contribution < -0.4 is 37.2 Å². The number of benzene rings is 3. The van der Waals surface area contributed by atoms with Crippen LogP contribution >= 0.6 is 0 Å². The van der Waals surface area contributed by atoms with Crippen molar-refractivity contribution in [1.29, 1.82) is 0 Å². The summed E-state index contributed by atoms with van der Waals surface area (Å²) in [6.45, 7) is 31.1. The fraction of sp³-hybridized carbons (Fsp3) is 0.582. The first kappa shape index (κ1) is 69.2. The molecule has 7 N–H and O–H groups in total. The molecule has 0 spiro atoms. The van der Waals surface area contributed by atoms with Crippen molar-refractivity contribution in [3.05, 3.63) is 89.5 Å². The third kappa shape index (κ3) is 37.5. The van der Waals surface area contributed by atoms with Gasteiger partial charge >= 0.3 is 18.2 Å². The number of amides is 4. The van der Waals surface area contributed by atoms with E-state index in [1.807, 2.05) is 121 Å². The number of ether oxygens (including phenoxy) is 4. The molecule has 404 valence electrons. The lowest BCUT2D eigenvalue weighted by Gasteiger charge is -2.22. The predicted molar refractivity (Wildman–Crippen MR) is 293 cm³/mol. The average molecular weight is 998 g/mol. The van der Waals surface area contributed by atoms with Crippen molar-refractivity contribution in [3.8, 4) is 0 Å². The summed E-state index contributed by atoms with van der Waals surface area (Å²) in [4.78, 5) is 58.3. The lowest BCUT2D eigenvalue weighted by molar-refractivity contribution is -0.146. The number of rotatable bonds is 21. The number of nitrogens with one attached hydrogen (secondary N) is 7. The van der Waals surface area contributed by atoms with Gasteiger partial charge in [-0.05, 0) is 157 Å². The normalized spacial score (nSPS) is 11.0. The summed E-state index contributed by atoms with van der Waals surface area (Å²) in [6.07, 6.45) is -0.635. The van der Waals surface area contributed by atoms with Crippen LogP contribution in [0.15, 0.2) is 72.8 Å². The van der Waals surface area contributed by atoms with Crippen molar-refractivity contribution in [1.82, 2.24) is 21.3 Å². The Hall–Kier alpha value is -6.03. The van der Waals surface area contributed by atoms with Crippen molar-refractivity contribution in [3.63, 3.8) is 0 Å². The minimum Gasteiger partial charge on any atom is -0.461 e. The Morgan fingerprint density at radius 2 is 0.930 bits per heavy atom. The van der Waals surface area contributed by atoms with Crippen molar-refractivity contribution in [2.45, 2.75) is 200 Å². The van der Waals surface area contributed by atoms with Gasteiger partial charge in [0.1, 0.15) is 25.9 Å². The molecule has 3 aromatic carbocycles. The smallest absolute Gasteiger partial charge is 0.408 e. The first-order valence-corrected chi connectivity index (χ1v) is 23.5. The number of carbonyl (C=O) groups is 5. The number of hydrogen-bond donors (Lipinski definition) is 7. The molecule has 0 aliphatic carbocycles. The first-order chi connectivity index (χ1) is 31.7. The van der Waals surface area contributed by atoms with Gasteiger partial charge in [0.15, 0.2) is 0 Å². The highest BCUT2D eigenvalue weighted by molar-refractivity contribution is 5.85. The number of anilines is 3. The van der Waals surface area contributed by atoms with Gasteiger partial charge in [0.25, 0.3) is 0 Å². The van der Waals surface area contributed by atoms with Crippen LogP contribution in [0.3, 0.4) is 0 Å². The standard InChI is InChI=1S/C19H30N2O3.C17H27N3O3.C16H26N2O3.3CH4/c1-18(2,3)20-15-9-7-14(8-10-15)13-24-17(23)12-11-16(22)21-19(4,5)6;1-11(2)18-15-8-6-14(7-9-15)10-23-17(22)20-13(5)16(21)19-12(3)4;1-12(2)18-15-7-5-14(6-8-15)11-21-16(19)17-9-10-20-13(3)4;;;/h7-10,20H,11-13H2,1-6H3,(H,21,22);6-9,11-13,18H,10H2,1-5H3,(H,19,21)(H,20,22);5-8,12-13,18H,9-11H2,1-4H3,(H,17,19);3*1H4. The molecule has 0 heterocycles. The monoisotopic (exact) mass is 998 g/mol. The van der Waals surface area contributed by atoms with Gasteiger partial charge in [-0.15, -0.1) is 0 Å². The van der Waals surface area contributed by atoms with E-state index < -0.39 is 18.2 Å². The molecule has 3 rings (SSSR count). The van der Waals surface area contributed by atoms with E-state index in [2.05, 4.69) is 85.7 Å². The summed E-state index contributed by atoms with van der Waals surface area (Å²) in [6, 6.07) is 23.4. The van der Waals surface area contributed by atoms with Crippen LogP contribution in [0, 0.1) is 0 Å². The molecular formula is C55H95N7O9. The zero-order valence-electron chi connectivity index (χ0n) is 43.4. The third-order valence-electron chi connectivity index (χ3n) is 8.48. The van der Waals surface area contributed by atoms with E-state index in [4.69, 9.17) is 18.9 Å². The molecular weight excluding hydrogens is 903 g/mol. The molecule has 0 bridgehead atoms. The second-order valence-corrected chi connectivity index (χ2v) is 19.6. The minimum absolute atomic E-state index is 0. The minimum atomic E-state index is -0.637. The number of esters is 1. The summed E-state index contributed by atoms with van der Waals surface area (Å²) >= 11 is 0. The summed E-state index contributed by atoms with van der Waals surface area (Å²) in [5.41, 5.74) is 5.58. The van der Waals surface area contributed by atoms with Crippen LogP contribution in [0.4, 0.5) is 26.7 Å². The molecule has 1 unspecified atom stereocenters. The summed E-state index contributed by atoms with van der Waals surface area (Å²) in [5.74, 6) is -0.742. The molecule has 16 heteroatoms. The maximum absolute atomic E-state index is 11.7. The predicted octanol–water partition coefficient (Wildman–Crippen LogP) is 11.3. The number of alkyl carbamates (subject to hydrolysis) is 2. The molecule has 0 radical (unpaired) electrons. The molecule has 0 aliphatic heterocycles. The number of carbonyl (C=O) groups excluding carboxylic acids is 5. The molecule has 0 saturated carbocycles. The molecule has 1 atom stereocenters. The van der Waals surface area contributed by atoms with E-state index in [9.17, 15) is 24.0 Å². The maximum Gasteiger partial charge on any atom is 0.408 e. The van der Waals surface area contributed by atoms with Gasteiger partial charge in [-0.1, -0.05) is 58.7 Å². The maximum atomic E-state index is 11.7. The Morgan fingerprint density at radius 3 is 1.32 bits per heavy atom. The molecule has 0 aliphatic rings. The Balaban J connectivity index is -0.000000959. The average Bonchev–Trinajstić information content (AvgIpc) is 3.22. The lowest BCUT2D eigenvalue weighted by atomic mass is 10.1. The Kier molecular flexibility index (Phi) is 35.1. The highest BCUT2D eigenvalue weighted by atomic mass is 16.6. The summed E-state index contributed by atoms with van der Waals surface area (Å²) in [5, 5.41) is 20.7. The summed E-state index contributed by atoms with van der Waals surface area (Å²) < 4.78 is 20.8. The van der Waals surface area contributed by atoms with E-state index in [0.717, 1.165) is 33.8 Å². The molecule has 71 heavy (non-hydrogen) atoms. The topological polar surface area (TPSA) is 206 Å². The van der Waals surface area contributed by atoms with E-state index in [1.54, 1.807) is 6.92 Å². The van der Waals surface area contributed by atoms with Crippen molar-refractivity contribution < 1.29 is 42.9 Å². The second kappa shape index (κ2) is 36.0. The largest absolute Gasteiger partial charge is 0.461 e. The van der Waals surface area contributed by atoms with Gasteiger partial charge in [-0.2, -0.15) is 0 Å². The van der Waals surface area contributed by atoms with Crippen molar-refractivity contribution >= 4 is 47.0 Å². The van der Waals surface area contributed by atoms with Gasteiger partial charge in [0, 0.05) is 59.2 Å². The Labute approximate surface area is 428 Å². The van der Waals surface area contributed by atoms with Crippen LogP contribution in [0.1, 0.15) is 156 Å². The van der Waals surface area contributed by atoms with Crippen LogP contribution in [0.2, 0.25) is 0 Å².